The third kappa shape index (κ3) is 4.52. The van der Waals surface area contributed by atoms with Crippen LogP contribution in [0.5, 0.6) is 0 Å². The first kappa shape index (κ1) is 13.5. The van der Waals surface area contributed by atoms with Crippen molar-refractivity contribution in [3.8, 4) is 0 Å². The van der Waals surface area contributed by atoms with Crippen molar-refractivity contribution in [1.82, 2.24) is 0 Å². The van der Waals surface area contributed by atoms with E-state index < -0.39 is 0 Å². The van der Waals surface area contributed by atoms with E-state index in [0.29, 0.717) is 5.92 Å². The zero-order valence-corrected chi connectivity index (χ0v) is 10.7. The first-order valence-electron chi connectivity index (χ1n) is 5.75. The molecular formula is C13H21ClN2. The minimum absolute atomic E-state index is 0.183. The molecule has 0 spiro atoms. The molecule has 0 amide bonds. The molecule has 2 unspecified atom stereocenters. The lowest BCUT2D eigenvalue weighted by atomic mass is 9.88. The van der Waals surface area contributed by atoms with Crippen molar-refractivity contribution in [3.63, 3.8) is 0 Å². The molecule has 0 radical (unpaired) electrons. The Morgan fingerprint density at radius 3 is 2.12 bits per heavy atom. The summed E-state index contributed by atoms with van der Waals surface area (Å²) in [5, 5.41) is 0.775. The van der Waals surface area contributed by atoms with E-state index in [1.54, 1.807) is 0 Å². The summed E-state index contributed by atoms with van der Waals surface area (Å²) in [5.41, 5.74) is 13.0. The minimum atomic E-state index is 0.183. The molecule has 0 fully saturated rings. The second kappa shape index (κ2) is 6.24. The van der Waals surface area contributed by atoms with Crippen LogP contribution in [0.1, 0.15) is 38.2 Å². The Morgan fingerprint density at radius 1 is 1.12 bits per heavy atom. The smallest absolute Gasteiger partial charge is 0.0408 e. The van der Waals surface area contributed by atoms with E-state index in [4.69, 9.17) is 23.1 Å². The number of hydrogen-bond donors (Lipinski definition) is 2. The summed E-state index contributed by atoms with van der Waals surface area (Å²) in [6.45, 7) is 4.05. The van der Waals surface area contributed by atoms with Crippen LogP contribution in [0.4, 0.5) is 0 Å². The Bertz CT molecular complexity index is 313. The zero-order chi connectivity index (χ0) is 12.1. The lowest BCUT2D eigenvalue weighted by Crippen LogP contribution is -2.24. The van der Waals surface area contributed by atoms with Crippen LogP contribution in [0.15, 0.2) is 24.3 Å². The Balaban J connectivity index is 2.82. The highest BCUT2D eigenvalue weighted by Crippen LogP contribution is 2.27. The van der Waals surface area contributed by atoms with Crippen LogP contribution in [-0.4, -0.2) is 12.1 Å². The Hall–Kier alpha value is -0.570. The monoisotopic (exact) mass is 240 g/mol. The summed E-state index contributed by atoms with van der Waals surface area (Å²) in [6.07, 6.45) is 1.89. The zero-order valence-electron chi connectivity index (χ0n) is 9.99. The van der Waals surface area contributed by atoms with Crippen molar-refractivity contribution in [2.24, 2.45) is 11.5 Å². The molecule has 0 saturated carbocycles. The van der Waals surface area contributed by atoms with Crippen molar-refractivity contribution in [2.75, 3.05) is 0 Å². The Kier molecular flexibility index (Phi) is 5.26. The first-order valence-corrected chi connectivity index (χ1v) is 6.13. The summed E-state index contributed by atoms with van der Waals surface area (Å²) < 4.78 is 0. The molecule has 16 heavy (non-hydrogen) atoms. The molecule has 0 aromatic heterocycles. The van der Waals surface area contributed by atoms with Crippen molar-refractivity contribution in [3.05, 3.63) is 34.9 Å². The number of rotatable bonds is 5. The van der Waals surface area contributed by atoms with Crippen LogP contribution in [0.25, 0.3) is 0 Å². The highest BCUT2D eigenvalue weighted by molar-refractivity contribution is 6.30. The summed E-state index contributed by atoms with van der Waals surface area (Å²) in [7, 11) is 0. The van der Waals surface area contributed by atoms with Gasteiger partial charge in [0.25, 0.3) is 0 Å². The quantitative estimate of drug-likeness (QED) is 0.832. The van der Waals surface area contributed by atoms with E-state index >= 15 is 0 Å². The second-order valence-electron chi connectivity index (χ2n) is 4.68. The van der Waals surface area contributed by atoms with Gasteiger partial charge in [0.05, 0.1) is 0 Å². The maximum absolute atomic E-state index is 6.00. The van der Waals surface area contributed by atoms with Gasteiger partial charge in [0.2, 0.25) is 0 Å². The molecule has 4 N–H and O–H groups in total. The molecule has 2 nitrogen and oxygen atoms in total. The van der Waals surface area contributed by atoms with Gasteiger partial charge in [0.15, 0.2) is 0 Å². The average Bonchev–Trinajstić information content (AvgIpc) is 2.15. The summed E-state index contributed by atoms with van der Waals surface area (Å²) >= 11 is 6.00. The molecule has 3 heteroatoms. The Morgan fingerprint density at radius 2 is 1.69 bits per heavy atom. The SMILES string of the molecule is CC(N)CC(CC(C)N)c1cccc(Cl)c1. The third-order valence-electron chi connectivity index (χ3n) is 2.63. The molecule has 0 bridgehead atoms. The van der Waals surface area contributed by atoms with Crippen LogP contribution < -0.4 is 11.5 Å². The lowest BCUT2D eigenvalue weighted by molar-refractivity contribution is 0.486. The van der Waals surface area contributed by atoms with E-state index in [9.17, 15) is 0 Å². The van der Waals surface area contributed by atoms with Gasteiger partial charge in [-0.25, -0.2) is 0 Å². The maximum atomic E-state index is 6.00. The van der Waals surface area contributed by atoms with E-state index in [2.05, 4.69) is 6.07 Å². The lowest BCUT2D eigenvalue weighted by Gasteiger charge is -2.21. The van der Waals surface area contributed by atoms with E-state index in [-0.39, 0.29) is 12.1 Å². The molecule has 1 aromatic carbocycles. The van der Waals surface area contributed by atoms with Crippen LogP contribution in [0, 0.1) is 0 Å². The third-order valence-corrected chi connectivity index (χ3v) is 2.87. The Labute approximate surface area is 103 Å². The molecular weight excluding hydrogens is 220 g/mol. The van der Waals surface area contributed by atoms with Gasteiger partial charge in [-0.2, -0.15) is 0 Å². The highest BCUT2D eigenvalue weighted by atomic mass is 35.5. The fourth-order valence-electron chi connectivity index (χ4n) is 2.03. The molecule has 90 valence electrons. The normalized spacial score (nSPS) is 16.8. The van der Waals surface area contributed by atoms with E-state index in [1.807, 2.05) is 32.0 Å². The molecule has 0 saturated heterocycles. The van der Waals surface area contributed by atoms with Gasteiger partial charge in [0, 0.05) is 17.1 Å². The molecule has 0 aliphatic rings. The van der Waals surface area contributed by atoms with Crippen LogP contribution in [0.2, 0.25) is 5.02 Å². The summed E-state index contributed by atoms with van der Waals surface area (Å²) in [6, 6.07) is 8.34. The van der Waals surface area contributed by atoms with Crippen LogP contribution >= 0.6 is 11.6 Å². The van der Waals surface area contributed by atoms with Gasteiger partial charge in [0.1, 0.15) is 0 Å². The summed E-state index contributed by atoms with van der Waals surface area (Å²) in [4.78, 5) is 0. The van der Waals surface area contributed by atoms with Gasteiger partial charge in [-0.1, -0.05) is 23.7 Å². The van der Waals surface area contributed by atoms with Gasteiger partial charge in [-0.05, 0) is 50.3 Å². The average molecular weight is 241 g/mol. The second-order valence-corrected chi connectivity index (χ2v) is 5.11. The van der Waals surface area contributed by atoms with Crippen molar-refractivity contribution in [2.45, 2.75) is 44.7 Å². The largest absolute Gasteiger partial charge is 0.328 e. The predicted octanol–water partition coefficient (Wildman–Crippen LogP) is 2.90. The van der Waals surface area contributed by atoms with Crippen LogP contribution in [-0.2, 0) is 0 Å². The van der Waals surface area contributed by atoms with Crippen LogP contribution in [0.3, 0.4) is 0 Å². The van der Waals surface area contributed by atoms with Gasteiger partial charge < -0.3 is 11.5 Å². The number of hydrogen-bond acceptors (Lipinski definition) is 2. The molecule has 1 aromatic rings. The molecule has 0 aliphatic heterocycles. The molecule has 0 heterocycles. The molecule has 2 atom stereocenters. The summed E-state index contributed by atoms with van der Waals surface area (Å²) in [5.74, 6) is 0.402. The predicted molar refractivity (Wildman–Crippen MR) is 70.7 cm³/mol. The number of halogens is 1. The topological polar surface area (TPSA) is 52.0 Å². The van der Waals surface area contributed by atoms with Gasteiger partial charge in [-0.3, -0.25) is 0 Å². The van der Waals surface area contributed by atoms with Gasteiger partial charge >= 0.3 is 0 Å². The van der Waals surface area contributed by atoms with Crippen molar-refractivity contribution >= 4 is 11.6 Å². The minimum Gasteiger partial charge on any atom is -0.328 e. The van der Waals surface area contributed by atoms with Crippen molar-refractivity contribution < 1.29 is 0 Å². The molecule has 0 aliphatic carbocycles. The standard InChI is InChI=1S/C13H21ClN2/c1-9(15)6-12(7-10(2)16)11-4-3-5-13(14)8-11/h3-5,8-10,12H,6-7,15-16H2,1-2H3. The van der Waals surface area contributed by atoms with E-state index in [0.717, 1.165) is 17.9 Å². The number of benzene rings is 1. The number of nitrogens with two attached hydrogens (primary N) is 2. The fraction of sp³-hybridized carbons (Fsp3) is 0.538. The van der Waals surface area contributed by atoms with Gasteiger partial charge in [-0.15, -0.1) is 0 Å². The van der Waals surface area contributed by atoms with Crippen molar-refractivity contribution in [1.29, 1.82) is 0 Å². The molecule has 1 rings (SSSR count). The van der Waals surface area contributed by atoms with E-state index in [1.165, 1.54) is 5.56 Å². The first-order chi connectivity index (χ1) is 7.49. The highest BCUT2D eigenvalue weighted by Gasteiger charge is 2.15. The fourth-order valence-corrected chi connectivity index (χ4v) is 2.23. The maximum Gasteiger partial charge on any atom is 0.0408 e.